The molecule has 1 heteroatoms. The minimum Gasteiger partial charge on any atom is -0.393 e. The van der Waals surface area contributed by atoms with Crippen molar-refractivity contribution in [3.05, 3.63) is 0 Å². The summed E-state index contributed by atoms with van der Waals surface area (Å²) in [7, 11) is 0. The van der Waals surface area contributed by atoms with Gasteiger partial charge in [0.15, 0.2) is 0 Å². The fourth-order valence-electron chi connectivity index (χ4n) is 1.80. The van der Waals surface area contributed by atoms with Gasteiger partial charge in [-0.1, -0.05) is 47.5 Å². The quantitative estimate of drug-likeness (QED) is 0.695. The maximum absolute atomic E-state index is 9.81. The number of hydrogen-bond donors (Lipinski definition) is 1. The van der Waals surface area contributed by atoms with E-state index in [0.717, 1.165) is 19.3 Å². The minimum absolute atomic E-state index is 0.0980. The van der Waals surface area contributed by atoms with E-state index >= 15 is 0 Å². The van der Waals surface area contributed by atoms with Crippen molar-refractivity contribution in [2.75, 3.05) is 0 Å². The Morgan fingerprint density at radius 1 is 1.23 bits per heavy atom. The maximum Gasteiger partial charge on any atom is 0.0566 e. The van der Waals surface area contributed by atoms with Gasteiger partial charge in [0.25, 0.3) is 0 Å². The van der Waals surface area contributed by atoms with E-state index in [0.29, 0.717) is 11.3 Å². The van der Waals surface area contributed by atoms with E-state index in [9.17, 15) is 5.11 Å². The van der Waals surface area contributed by atoms with Crippen LogP contribution in [0.5, 0.6) is 0 Å². The molecule has 1 N–H and O–H groups in total. The van der Waals surface area contributed by atoms with Crippen molar-refractivity contribution in [2.45, 2.75) is 66.4 Å². The summed E-state index contributed by atoms with van der Waals surface area (Å²) >= 11 is 0. The molecule has 0 aromatic heterocycles. The molecule has 0 bridgehead atoms. The molecular weight excluding hydrogens is 160 g/mol. The van der Waals surface area contributed by atoms with Crippen LogP contribution in [0.25, 0.3) is 0 Å². The molecule has 0 rings (SSSR count). The summed E-state index contributed by atoms with van der Waals surface area (Å²) in [5.41, 5.74) is 0.340. The van der Waals surface area contributed by atoms with Gasteiger partial charge in [-0.2, -0.15) is 0 Å². The molecule has 2 unspecified atom stereocenters. The number of unbranched alkanes of at least 4 members (excludes halogenated alkanes) is 1. The van der Waals surface area contributed by atoms with Gasteiger partial charge in [-0.15, -0.1) is 0 Å². The zero-order chi connectivity index (χ0) is 10.5. The van der Waals surface area contributed by atoms with Crippen LogP contribution in [-0.2, 0) is 0 Å². The van der Waals surface area contributed by atoms with Gasteiger partial charge in [-0.3, -0.25) is 0 Å². The van der Waals surface area contributed by atoms with Crippen LogP contribution in [0.1, 0.15) is 60.3 Å². The molecule has 0 fully saturated rings. The lowest BCUT2D eigenvalue weighted by Gasteiger charge is -2.26. The Morgan fingerprint density at radius 2 is 1.77 bits per heavy atom. The zero-order valence-corrected chi connectivity index (χ0v) is 9.93. The van der Waals surface area contributed by atoms with Crippen molar-refractivity contribution in [3.8, 4) is 0 Å². The second-order valence-corrected chi connectivity index (χ2v) is 5.45. The van der Waals surface area contributed by atoms with Gasteiger partial charge in [0, 0.05) is 0 Å². The molecule has 0 aliphatic heterocycles. The summed E-state index contributed by atoms with van der Waals surface area (Å²) < 4.78 is 0. The Morgan fingerprint density at radius 3 is 2.15 bits per heavy atom. The molecule has 0 amide bonds. The first-order valence-electron chi connectivity index (χ1n) is 5.55. The number of hydrogen-bond acceptors (Lipinski definition) is 1. The molecule has 0 aliphatic rings. The third-order valence-corrected chi connectivity index (χ3v) is 2.44. The molecule has 80 valence electrons. The molecule has 0 saturated heterocycles. The zero-order valence-electron chi connectivity index (χ0n) is 9.93. The fourth-order valence-corrected chi connectivity index (χ4v) is 1.80. The van der Waals surface area contributed by atoms with Gasteiger partial charge in [0.2, 0.25) is 0 Å². The standard InChI is InChI=1S/C12H26O/c1-6-7-8-11(13)10(2)9-12(3,4)5/h10-11,13H,6-9H2,1-5H3. The molecule has 0 radical (unpaired) electrons. The third kappa shape index (κ3) is 7.06. The van der Waals surface area contributed by atoms with Crippen LogP contribution in [0.3, 0.4) is 0 Å². The summed E-state index contributed by atoms with van der Waals surface area (Å²) in [4.78, 5) is 0. The number of rotatable bonds is 5. The Balaban J connectivity index is 3.75. The van der Waals surface area contributed by atoms with E-state index in [1.807, 2.05) is 0 Å². The summed E-state index contributed by atoms with van der Waals surface area (Å²) in [6.45, 7) is 11.0. The molecule has 13 heavy (non-hydrogen) atoms. The molecule has 0 aliphatic carbocycles. The van der Waals surface area contributed by atoms with Crippen molar-refractivity contribution in [3.63, 3.8) is 0 Å². The molecule has 0 aromatic carbocycles. The van der Waals surface area contributed by atoms with E-state index in [4.69, 9.17) is 0 Å². The van der Waals surface area contributed by atoms with Crippen LogP contribution < -0.4 is 0 Å². The van der Waals surface area contributed by atoms with Crippen LogP contribution in [0.15, 0.2) is 0 Å². The van der Waals surface area contributed by atoms with E-state index in [-0.39, 0.29) is 6.10 Å². The molecule has 2 atom stereocenters. The first-order valence-corrected chi connectivity index (χ1v) is 5.55. The van der Waals surface area contributed by atoms with Gasteiger partial charge >= 0.3 is 0 Å². The summed E-state index contributed by atoms with van der Waals surface area (Å²) in [5, 5.41) is 9.81. The third-order valence-electron chi connectivity index (χ3n) is 2.44. The van der Waals surface area contributed by atoms with Crippen LogP contribution in [0.2, 0.25) is 0 Å². The lowest BCUT2D eigenvalue weighted by molar-refractivity contribution is 0.0815. The number of aliphatic hydroxyl groups is 1. The van der Waals surface area contributed by atoms with Crippen molar-refractivity contribution in [2.24, 2.45) is 11.3 Å². The predicted octanol–water partition coefficient (Wildman–Crippen LogP) is 3.61. The van der Waals surface area contributed by atoms with Gasteiger partial charge in [0.05, 0.1) is 6.10 Å². The van der Waals surface area contributed by atoms with E-state index in [1.165, 1.54) is 6.42 Å². The van der Waals surface area contributed by atoms with Gasteiger partial charge < -0.3 is 5.11 Å². The summed E-state index contributed by atoms with van der Waals surface area (Å²) in [6.07, 6.45) is 4.31. The van der Waals surface area contributed by atoms with E-state index < -0.39 is 0 Å². The normalized spacial score (nSPS) is 17.1. The van der Waals surface area contributed by atoms with Crippen molar-refractivity contribution < 1.29 is 5.11 Å². The minimum atomic E-state index is -0.0980. The Bertz CT molecular complexity index is 124. The van der Waals surface area contributed by atoms with Crippen LogP contribution >= 0.6 is 0 Å². The highest BCUT2D eigenvalue weighted by Crippen LogP contribution is 2.27. The van der Waals surface area contributed by atoms with Crippen LogP contribution in [0.4, 0.5) is 0 Å². The topological polar surface area (TPSA) is 20.2 Å². The first-order chi connectivity index (χ1) is 5.87. The molecular formula is C12H26O. The molecule has 0 aromatic rings. The van der Waals surface area contributed by atoms with Crippen molar-refractivity contribution in [1.82, 2.24) is 0 Å². The second-order valence-electron chi connectivity index (χ2n) is 5.45. The fraction of sp³-hybridized carbons (Fsp3) is 1.00. The predicted molar refractivity (Wildman–Crippen MR) is 58.8 cm³/mol. The SMILES string of the molecule is CCCCC(O)C(C)CC(C)(C)C. The van der Waals surface area contributed by atoms with Crippen LogP contribution in [0, 0.1) is 11.3 Å². The Hall–Kier alpha value is -0.0400. The van der Waals surface area contributed by atoms with Crippen molar-refractivity contribution in [1.29, 1.82) is 0 Å². The monoisotopic (exact) mass is 186 g/mol. The van der Waals surface area contributed by atoms with Crippen LogP contribution in [-0.4, -0.2) is 11.2 Å². The number of aliphatic hydroxyl groups excluding tert-OH is 1. The highest BCUT2D eigenvalue weighted by molar-refractivity contribution is 4.71. The average Bonchev–Trinajstić information content (AvgIpc) is 1.96. The highest BCUT2D eigenvalue weighted by Gasteiger charge is 2.20. The molecule has 0 saturated carbocycles. The average molecular weight is 186 g/mol. The lowest BCUT2D eigenvalue weighted by Crippen LogP contribution is -2.22. The highest BCUT2D eigenvalue weighted by atomic mass is 16.3. The second kappa shape index (κ2) is 5.64. The first kappa shape index (κ1) is 13.0. The molecule has 0 spiro atoms. The largest absolute Gasteiger partial charge is 0.393 e. The Kier molecular flexibility index (Phi) is 5.62. The van der Waals surface area contributed by atoms with Gasteiger partial charge in [-0.25, -0.2) is 0 Å². The van der Waals surface area contributed by atoms with Gasteiger partial charge in [0.1, 0.15) is 0 Å². The summed E-state index contributed by atoms with van der Waals surface area (Å²) in [5.74, 6) is 0.437. The Labute approximate surface area is 83.5 Å². The smallest absolute Gasteiger partial charge is 0.0566 e. The maximum atomic E-state index is 9.81. The lowest BCUT2D eigenvalue weighted by atomic mass is 9.82. The summed E-state index contributed by atoms with van der Waals surface area (Å²) in [6, 6.07) is 0. The van der Waals surface area contributed by atoms with E-state index in [1.54, 1.807) is 0 Å². The van der Waals surface area contributed by atoms with Gasteiger partial charge in [-0.05, 0) is 24.2 Å². The molecule has 1 nitrogen and oxygen atoms in total. The van der Waals surface area contributed by atoms with Crippen molar-refractivity contribution >= 4 is 0 Å². The molecule has 0 heterocycles. The van der Waals surface area contributed by atoms with E-state index in [2.05, 4.69) is 34.6 Å².